The molecular weight excluding hydrogens is 758 g/mol. The first-order chi connectivity index (χ1) is 28.6. The number of esters is 1. The predicted molar refractivity (Wildman–Crippen MR) is 250 cm³/mol. The predicted octanol–water partition coefficient (Wildman–Crippen LogP) is 14.1. The van der Waals surface area contributed by atoms with Crippen LogP contribution in [0.1, 0.15) is 206 Å². The van der Waals surface area contributed by atoms with E-state index < -0.39 is 13.9 Å². The van der Waals surface area contributed by atoms with E-state index in [0.29, 0.717) is 24.1 Å². The number of carbonyl (C=O) groups excluding carboxylic acids is 1. The van der Waals surface area contributed by atoms with Crippen LogP contribution in [0.5, 0.6) is 0 Å². The molecule has 0 aliphatic heterocycles. The highest BCUT2D eigenvalue weighted by Gasteiger charge is 2.20. The minimum atomic E-state index is -4.53. The number of phosphoric acid groups is 1. The van der Waals surface area contributed by atoms with Crippen molar-refractivity contribution in [3.63, 3.8) is 0 Å². The molecule has 9 heteroatoms. The van der Waals surface area contributed by atoms with Crippen molar-refractivity contribution in [1.29, 1.82) is 0 Å². The van der Waals surface area contributed by atoms with Crippen molar-refractivity contribution in [2.75, 3.05) is 54.1 Å². The number of ether oxygens (including phenoxy) is 2. The van der Waals surface area contributed by atoms with Gasteiger partial charge in [0, 0.05) is 13.0 Å². The molecule has 0 fully saturated rings. The summed E-state index contributed by atoms with van der Waals surface area (Å²) in [5.74, 6) is -0.346. The zero-order chi connectivity index (χ0) is 43.4. The smallest absolute Gasteiger partial charge is 0.306 e. The Bertz CT molecular complexity index is 1080. The van der Waals surface area contributed by atoms with Crippen molar-refractivity contribution < 1.29 is 37.3 Å². The Balaban J connectivity index is 4.14. The summed E-state index contributed by atoms with van der Waals surface area (Å²) in [6.07, 6.45) is 52.7. The Labute approximate surface area is 365 Å². The molecule has 2 atom stereocenters. The van der Waals surface area contributed by atoms with Crippen LogP contribution in [0.4, 0.5) is 0 Å². The van der Waals surface area contributed by atoms with Crippen LogP contribution >= 0.6 is 7.82 Å². The lowest BCUT2D eigenvalue weighted by Gasteiger charge is -2.28. The molecule has 0 aromatic rings. The number of carbonyl (C=O) groups is 1. The number of hydrogen-bond donors (Lipinski definition) is 0. The van der Waals surface area contributed by atoms with Gasteiger partial charge in [0.15, 0.2) is 0 Å². The molecule has 0 saturated heterocycles. The molecular formula is C50H94NO7P. The summed E-state index contributed by atoms with van der Waals surface area (Å²) in [5.41, 5.74) is 0. The number of unbranched alkanes of at least 4 members (excludes halogenated alkanes) is 23. The molecule has 0 aliphatic rings. The summed E-state index contributed by atoms with van der Waals surface area (Å²) in [7, 11) is 1.35. The number of quaternary nitrogens is 1. The van der Waals surface area contributed by atoms with Crippen LogP contribution in [-0.4, -0.2) is 70.7 Å². The van der Waals surface area contributed by atoms with E-state index in [0.717, 1.165) is 57.8 Å². The molecule has 0 spiro atoms. The first kappa shape index (κ1) is 57.5. The molecule has 0 aromatic heterocycles. The third kappa shape index (κ3) is 47.4. The lowest BCUT2D eigenvalue weighted by atomic mass is 10.1. The van der Waals surface area contributed by atoms with Crippen LogP contribution in [0.3, 0.4) is 0 Å². The van der Waals surface area contributed by atoms with Gasteiger partial charge in [-0.05, 0) is 77.0 Å². The molecule has 0 aliphatic carbocycles. The zero-order valence-corrected chi connectivity index (χ0v) is 40.1. The summed E-state index contributed by atoms with van der Waals surface area (Å²) in [4.78, 5) is 25.1. The third-order valence-corrected chi connectivity index (χ3v) is 11.3. The summed E-state index contributed by atoms with van der Waals surface area (Å²) in [5, 5.41) is 0. The summed E-state index contributed by atoms with van der Waals surface area (Å²) >= 11 is 0. The van der Waals surface area contributed by atoms with Crippen LogP contribution in [0.2, 0.25) is 0 Å². The van der Waals surface area contributed by atoms with Crippen molar-refractivity contribution in [2.45, 2.75) is 213 Å². The Kier molecular flexibility index (Phi) is 42.0. The Hall–Kier alpha value is -1.54. The van der Waals surface area contributed by atoms with Gasteiger partial charge in [-0.1, -0.05) is 172 Å². The van der Waals surface area contributed by atoms with E-state index >= 15 is 0 Å². The van der Waals surface area contributed by atoms with Crippen LogP contribution in [-0.2, 0) is 27.9 Å². The zero-order valence-electron chi connectivity index (χ0n) is 39.2. The largest absolute Gasteiger partial charge is 0.756 e. The highest BCUT2D eigenvalue weighted by atomic mass is 31.2. The van der Waals surface area contributed by atoms with Gasteiger partial charge in [0.25, 0.3) is 7.82 Å². The number of phosphoric ester groups is 1. The molecule has 59 heavy (non-hydrogen) atoms. The number of likely N-dealkylation sites (N-methyl/N-ethyl adjacent to an activating group) is 1. The summed E-state index contributed by atoms with van der Waals surface area (Å²) < 4.78 is 34.6. The van der Waals surface area contributed by atoms with Gasteiger partial charge in [-0.15, -0.1) is 0 Å². The van der Waals surface area contributed by atoms with E-state index in [1.54, 1.807) is 0 Å². The van der Waals surface area contributed by atoms with E-state index in [9.17, 15) is 14.3 Å². The number of rotatable bonds is 45. The van der Waals surface area contributed by atoms with Crippen LogP contribution < -0.4 is 4.89 Å². The average Bonchev–Trinajstić information content (AvgIpc) is 3.19. The van der Waals surface area contributed by atoms with Gasteiger partial charge in [-0.3, -0.25) is 9.36 Å². The fourth-order valence-corrected chi connectivity index (χ4v) is 7.28. The van der Waals surface area contributed by atoms with Crippen LogP contribution in [0, 0.1) is 0 Å². The quantitative estimate of drug-likeness (QED) is 0.0198. The average molecular weight is 852 g/mol. The van der Waals surface area contributed by atoms with Gasteiger partial charge < -0.3 is 27.9 Å². The van der Waals surface area contributed by atoms with E-state index in [4.69, 9.17) is 18.5 Å². The standard InChI is InChI=1S/C50H94NO7P/c1-6-8-10-12-14-16-18-20-21-22-23-24-25-26-27-28-29-30-32-34-36-38-40-42-45-55-47-49(48-57-59(53,54)56-46-44-51(3,4)5)58-50(52)43-41-39-37-35-33-31-19-17-15-13-11-9-7-2/h17-20,22-23,25-26,49H,6-16,21,24,27-48H2,1-5H3/b19-17-,20-18-,23-22-,26-25-. The molecule has 0 saturated carbocycles. The van der Waals surface area contributed by atoms with Gasteiger partial charge in [-0.2, -0.15) is 0 Å². The van der Waals surface area contributed by atoms with Gasteiger partial charge >= 0.3 is 5.97 Å². The molecule has 0 radical (unpaired) electrons. The fourth-order valence-electron chi connectivity index (χ4n) is 6.55. The minimum absolute atomic E-state index is 0.0223. The molecule has 0 rings (SSSR count). The van der Waals surface area contributed by atoms with Crippen LogP contribution in [0.15, 0.2) is 48.6 Å². The second kappa shape index (κ2) is 43.1. The highest BCUT2D eigenvalue weighted by Crippen LogP contribution is 2.38. The van der Waals surface area contributed by atoms with Crippen molar-refractivity contribution in [3.8, 4) is 0 Å². The van der Waals surface area contributed by atoms with Gasteiger partial charge in [-0.25, -0.2) is 0 Å². The second-order valence-electron chi connectivity index (χ2n) is 17.5. The molecule has 0 amide bonds. The lowest BCUT2D eigenvalue weighted by Crippen LogP contribution is -2.37. The maximum Gasteiger partial charge on any atom is 0.306 e. The van der Waals surface area contributed by atoms with Crippen molar-refractivity contribution in [1.82, 2.24) is 0 Å². The van der Waals surface area contributed by atoms with E-state index in [2.05, 4.69) is 62.5 Å². The summed E-state index contributed by atoms with van der Waals surface area (Å²) in [6, 6.07) is 0. The molecule has 0 heterocycles. The topological polar surface area (TPSA) is 94.1 Å². The van der Waals surface area contributed by atoms with Gasteiger partial charge in [0.1, 0.15) is 19.3 Å². The summed E-state index contributed by atoms with van der Waals surface area (Å²) in [6.45, 7) is 5.37. The fraction of sp³-hybridized carbons (Fsp3) is 0.820. The number of allylic oxidation sites excluding steroid dienone is 8. The lowest BCUT2D eigenvalue weighted by molar-refractivity contribution is -0.870. The van der Waals surface area contributed by atoms with Gasteiger partial charge in [0.05, 0.1) is 34.4 Å². The Morgan fingerprint density at radius 3 is 1.42 bits per heavy atom. The Morgan fingerprint density at radius 1 is 0.525 bits per heavy atom. The molecule has 0 bridgehead atoms. The minimum Gasteiger partial charge on any atom is -0.756 e. The van der Waals surface area contributed by atoms with E-state index in [1.165, 1.54) is 128 Å². The second-order valence-corrected chi connectivity index (χ2v) is 18.9. The SMILES string of the molecule is CCCCCC/C=C\CCCCCCCC(=O)OC(COCCCCCCCCCCC/C=C\C/C=C\C/C=C\CCCCCCC)COP(=O)([O-])OCC[N+](C)(C)C. The molecule has 346 valence electrons. The number of hydrogen-bond acceptors (Lipinski definition) is 7. The van der Waals surface area contributed by atoms with Crippen molar-refractivity contribution in [3.05, 3.63) is 48.6 Å². The Morgan fingerprint density at radius 2 is 0.932 bits per heavy atom. The third-order valence-electron chi connectivity index (χ3n) is 10.4. The monoisotopic (exact) mass is 852 g/mol. The van der Waals surface area contributed by atoms with E-state index in [1.807, 2.05) is 21.1 Å². The van der Waals surface area contributed by atoms with Crippen molar-refractivity contribution >= 4 is 13.8 Å². The first-order valence-electron chi connectivity index (χ1n) is 24.4. The normalized spacial score (nSPS) is 14.1. The first-order valence-corrected chi connectivity index (χ1v) is 25.8. The maximum absolute atomic E-state index is 12.7. The molecule has 0 aromatic carbocycles. The van der Waals surface area contributed by atoms with Gasteiger partial charge in [0.2, 0.25) is 0 Å². The van der Waals surface area contributed by atoms with Crippen molar-refractivity contribution in [2.24, 2.45) is 0 Å². The molecule has 8 nitrogen and oxygen atoms in total. The molecule has 0 N–H and O–H groups in total. The number of nitrogens with zero attached hydrogens (tertiary/aromatic N) is 1. The molecule has 2 unspecified atom stereocenters. The van der Waals surface area contributed by atoms with Crippen LogP contribution in [0.25, 0.3) is 0 Å². The van der Waals surface area contributed by atoms with E-state index in [-0.39, 0.29) is 25.8 Å². The highest BCUT2D eigenvalue weighted by molar-refractivity contribution is 7.45. The maximum atomic E-state index is 12.7.